The van der Waals surface area contributed by atoms with Gasteiger partial charge >= 0.3 is 0 Å². The highest BCUT2D eigenvalue weighted by Gasteiger charge is 2.25. The first-order valence-corrected chi connectivity index (χ1v) is 6.53. The largest absolute Gasteiger partial charge is 0.367 e. The number of aryl methyl sites for hydroxylation is 1. The molecule has 3 nitrogen and oxygen atoms in total. The highest BCUT2D eigenvalue weighted by molar-refractivity contribution is 6.20. The minimum Gasteiger partial charge on any atom is -0.367 e. The van der Waals surface area contributed by atoms with E-state index in [1.54, 1.807) is 0 Å². The summed E-state index contributed by atoms with van der Waals surface area (Å²) in [5.74, 6) is 0.378. The number of alkyl halides is 1. The Morgan fingerprint density at radius 1 is 1.47 bits per heavy atom. The number of hydrogen-bond donors (Lipinski definition) is 1. The van der Waals surface area contributed by atoms with Gasteiger partial charge in [0.2, 0.25) is 0 Å². The Morgan fingerprint density at radius 2 is 2.29 bits per heavy atom. The monoisotopic (exact) mass is 257 g/mol. The molecule has 2 unspecified atom stereocenters. The molecule has 1 saturated carbocycles. The molecule has 1 N–H and O–H groups in total. The molecule has 2 rings (SSSR count). The maximum absolute atomic E-state index is 13.8. The molecular formula is C12H17ClFN3. The second kappa shape index (κ2) is 5.63. The number of halogens is 2. The smallest absolute Gasteiger partial charge is 0.186 e. The van der Waals surface area contributed by atoms with E-state index >= 15 is 0 Å². The van der Waals surface area contributed by atoms with Crippen molar-refractivity contribution in [3.63, 3.8) is 0 Å². The van der Waals surface area contributed by atoms with Crippen LogP contribution in [0.15, 0.2) is 6.33 Å². The minimum atomic E-state index is -0.334. The summed E-state index contributed by atoms with van der Waals surface area (Å²) in [4.78, 5) is 7.83. The van der Waals surface area contributed by atoms with Crippen molar-refractivity contribution in [2.75, 3.05) is 11.9 Å². The molecule has 0 aromatic carbocycles. The Balaban J connectivity index is 1.99. The number of anilines is 1. The molecule has 1 aromatic heterocycles. The molecule has 0 aliphatic heterocycles. The number of aromatic nitrogens is 2. The van der Waals surface area contributed by atoms with E-state index in [1.807, 2.05) is 6.92 Å². The first-order chi connectivity index (χ1) is 8.22. The quantitative estimate of drug-likeness (QED) is 0.843. The maximum Gasteiger partial charge on any atom is 0.186 e. The van der Waals surface area contributed by atoms with E-state index in [4.69, 9.17) is 11.6 Å². The normalized spacial score (nSPS) is 23.9. The SMILES string of the molecule is CCc1ncnc(NCC2CCCC2Cl)c1F. The maximum atomic E-state index is 13.8. The lowest BCUT2D eigenvalue weighted by molar-refractivity contribution is 0.569. The molecule has 1 heterocycles. The van der Waals surface area contributed by atoms with Gasteiger partial charge in [-0.1, -0.05) is 13.3 Å². The molecule has 94 valence electrons. The van der Waals surface area contributed by atoms with E-state index in [2.05, 4.69) is 15.3 Å². The lowest BCUT2D eigenvalue weighted by Crippen LogP contribution is -2.20. The van der Waals surface area contributed by atoms with Crippen molar-refractivity contribution in [1.29, 1.82) is 0 Å². The van der Waals surface area contributed by atoms with Crippen molar-refractivity contribution in [3.8, 4) is 0 Å². The van der Waals surface area contributed by atoms with Crippen LogP contribution in [0.5, 0.6) is 0 Å². The van der Waals surface area contributed by atoms with E-state index in [1.165, 1.54) is 6.33 Å². The Labute approximate surface area is 106 Å². The van der Waals surface area contributed by atoms with Crippen molar-refractivity contribution in [2.24, 2.45) is 5.92 Å². The van der Waals surface area contributed by atoms with Gasteiger partial charge in [-0.05, 0) is 25.2 Å². The van der Waals surface area contributed by atoms with E-state index in [0.29, 0.717) is 30.4 Å². The third kappa shape index (κ3) is 2.86. The topological polar surface area (TPSA) is 37.8 Å². The van der Waals surface area contributed by atoms with Crippen LogP contribution in [0.1, 0.15) is 31.9 Å². The third-order valence-corrected chi connectivity index (χ3v) is 3.87. The average molecular weight is 258 g/mol. The summed E-state index contributed by atoms with van der Waals surface area (Å²) in [6.07, 6.45) is 5.30. The first-order valence-electron chi connectivity index (χ1n) is 6.09. The van der Waals surface area contributed by atoms with Gasteiger partial charge in [0.15, 0.2) is 11.6 Å². The van der Waals surface area contributed by atoms with Crippen LogP contribution in [0.2, 0.25) is 0 Å². The van der Waals surface area contributed by atoms with Crippen molar-refractivity contribution < 1.29 is 4.39 Å². The fourth-order valence-corrected chi connectivity index (χ4v) is 2.59. The predicted octanol–water partition coefficient (Wildman–Crippen LogP) is 3.00. The molecule has 5 heteroatoms. The molecule has 0 saturated heterocycles. The number of hydrogen-bond acceptors (Lipinski definition) is 3. The summed E-state index contributed by atoms with van der Waals surface area (Å²) in [7, 11) is 0. The highest BCUT2D eigenvalue weighted by Crippen LogP contribution is 2.30. The molecule has 1 aliphatic carbocycles. The summed E-state index contributed by atoms with van der Waals surface area (Å²) in [5.41, 5.74) is 0.455. The summed E-state index contributed by atoms with van der Waals surface area (Å²) in [6, 6.07) is 0. The number of rotatable bonds is 4. The lowest BCUT2D eigenvalue weighted by atomic mass is 10.1. The summed E-state index contributed by atoms with van der Waals surface area (Å²) >= 11 is 6.18. The van der Waals surface area contributed by atoms with Crippen molar-refractivity contribution >= 4 is 17.4 Å². The molecule has 1 aromatic rings. The van der Waals surface area contributed by atoms with Gasteiger partial charge in [-0.2, -0.15) is 0 Å². The van der Waals surface area contributed by atoms with E-state index in [-0.39, 0.29) is 11.2 Å². The second-order valence-electron chi connectivity index (χ2n) is 4.42. The van der Waals surface area contributed by atoms with Gasteiger partial charge in [0.25, 0.3) is 0 Å². The molecule has 1 aliphatic rings. The zero-order valence-corrected chi connectivity index (χ0v) is 10.7. The molecular weight excluding hydrogens is 241 g/mol. The predicted molar refractivity (Wildman–Crippen MR) is 66.8 cm³/mol. The minimum absolute atomic E-state index is 0.207. The van der Waals surface area contributed by atoms with Crippen LogP contribution in [-0.2, 0) is 6.42 Å². The van der Waals surface area contributed by atoms with Gasteiger partial charge in [-0.15, -0.1) is 11.6 Å². The Morgan fingerprint density at radius 3 is 2.94 bits per heavy atom. The Hall–Kier alpha value is -0.900. The Bertz CT molecular complexity index is 386. The standard InChI is InChI=1S/C12H17ClFN3/c1-2-10-11(14)12(17-7-16-10)15-6-8-4-3-5-9(8)13/h7-9H,2-6H2,1H3,(H,15,16,17). The van der Waals surface area contributed by atoms with E-state index in [9.17, 15) is 4.39 Å². The molecule has 1 fully saturated rings. The van der Waals surface area contributed by atoms with Crippen LogP contribution in [0.25, 0.3) is 0 Å². The highest BCUT2D eigenvalue weighted by atomic mass is 35.5. The molecule has 2 atom stereocenters. The fraction of sp³-hybridized carbons (Fsp3) is 0.667. The number of nitrogens with one attached hydrogen (secondary N) is 1. The molecule has 17 heavy (non-hydrogen) atoms. The van der Waals surface area contributed by atoms with Crippen molar-refractivity contribution in [3.05, 3.63) is 17.8 Å². The summed E-state index contributed by atoms with van der Waals surface area (Å²) < 4.78 is 13.8. The van der Waals surface area contributed by atoms with Crippen LogP contribution >= 0.6 is 11.6 Å². The van der Waals surface area contributed by atoms with E-state index in [0.717, 1.165) is 19.3 Å². The van der Waals surface area contributed by atoms with Crippen LogP contribution in [-0.4, -0.2) is 21.9 Å². The van der Waals surface area contributed by atoms with E-state index < -0.39 is 0 Å². The average Bonchev–Trinajstić information content (AvgIpc) is 2.74. The van der Waals surface area contributed by atoms with Crippen molar-refractivity contribution in [2.45, 2.75) is 38.0 Å². The summed E-state index contributed by atoms with van der Waals surface area (Å²) in [5, 5.41) is 3.26. The number of nitrogens with zero attached hydrogens (tertiary/aromatic N) is 2. The first kappa shape index (κ1) is 12.6. The lowest BCUT2D eigenvalue weighted by Gasteiger charge is -2.15. The zero-order valence-electron chi connectivity index (χ0n) is 9.92. The molecule has 0 radical (unpaired) electrons. The zero-order chi connectivity index (χ0) is 12.3. The van der Waals surface area contributed by atoms with Gasteiger partial charge in [-0.25, -0.2) is 14.4 Å². The second-order valence-corrected chi connectivity index (χ2v) is 4.98. The van der Waals surface area contributed by atoms with Gasteiger partial charge in [0.1, 0.15) is 6.33 Å². The van der Waals surface area contributed by atoms with Gasteiger partial charge in [-0.3, -0.25) is 0 Å². The van der Waals surface area contributed by atoms with Crippen molar-refractivity contribution in [1.82, 2.24) is 9.97 Å². The molecule has 0 bridgehead atoms. The molecule has 0 amide bonds. The van der Waals surface area contributed by atoms with Gasteiger partial charge in [0.05, 0.1) is 5.69 Å². The van der Waals surface area contributed by atoms with Crippen LogP contribution < -0.4 is 5.32 Å². The van der Waals surface area contributed by atoms with Crippen LogP contribution in [0, 0.1) is 11.7 Å². The van der Waals surface area contributed by atoms with Gasteiger partial charge < -0.3 is 5.32 Å². The van der Waals surface area contributed by atoms with Gasteiger partial charge in [0, 0.05) is 11.9 Å². The Kier molecular flexibility index (Phi) is 4.15. The summed E-state index contributed by atoms with van der Waals surface area (Å²) in [6.45, 7) is 2.56. The third-order valence-electron chi connectivity index (χ3n) is 3.29. The van der Waals surface area contributed by atoms with Crippen LogP contribution in [0.3, 0.4) is 0 Å². The van der Waals surface area contributed by atoms with Crippen LogP contribution in [0.4, 0.5) is 10.2 Å². The fourth-order valence-electron chi connectivity index (χ4n) is 2.23. The molecule has 0 spiro atoms.